The van der Waals surface area contributed by atoms with Gasteiger partial charge in [-0.3, -0.25) is 4.68 Å². The summed E-state index contributed by atoms with van der Waals surface area (Å²) in [5, 5.41) is 8.58. The highest BCUT2D eigenvalue weighted by atomic mass is 16.6. The van der Waals surface area contributed by atoms with Crippen LogP contribution in [0.15, 0.2) is 6.07 Å². The number of aryl methyl sites for hydroxylation is 1. The average Bonchev–Trinajstić information content (AvgIpc) is 2.98. The molecule has 3 fully saturated rings. The second kappa shape index (κ2) is 7.96. The highest BCUT2D eigenvalue weighted by Crippen LogP contribution is 2.54. The molecule has 1 N–H and O–H groups in total. The lowest BCUT2D eigenvalue weighted by Crippen LogP contribution is -2.64. The third-order valence-corrected chi connectivity index (χ3v) is 7.09. The number of rotatable bonds is 5. The molecule has 1 spiro atoms. The van der Waals surface area contributed by atoms with Crippen LogP contribution in [-0.2, 0) is 9.47 Å². The van der Waals surface area contributed by atoms with Crippen LogP contribution >= 0.6 is 0 Å². The van der Waals surface area contributed by atoms with Crippen molar-refractivity contribution in [1.29, 1.82) is 0 Å². The molecule has 0 bridgehead atoms. The maximum atomic E-state index is 12.3. The van der Waals surface area contributed by atoms with Crippen LogP contribution < -0.4 is 10.2 Å². The van der Waals surface area contributed by atoms with Crippen LogP contribution in [-0.4, -0.2) is 78.4 Å². The molecule has 4 rings (SSSR count). The van der Waals surface area contributed by atoms with E-state index < -0.39 is 5.60 Å². The lowest BCUT2D eigenvalue weighted by molar-refractivity contribution is -0.0930. The number of carbonyl (C=O) groups is 1. The maximum absolute atomic E-state index is 12.3. The van der Waals surface area contributed by atoms with Gasteiger partial charge in [0, 0.05) is 63.6 Å². The number of carbonyl (C=O) groups excluding carboxylic acids is 1. The summed E-state index contributed by atoms with van der Waals surface area (Å²) in [4.78, 5) is 16.5. The first-order chi connectivity index (χ1) is 14.5. The molecule has 0 unspecified atom stereocenters. The van der Waals surface area contributed by atoms with E-state index in [0.29, 0.717) is 6.04 Å². The SMILES string of the molecule is COCC[C@@]1(C)CNCCN1c1cc(C)n(C2CC3(C2)CN(C(=O)OC(C)(C)C)C3)n1. The van der Waals surface area contributed by atoms with E-state index in [0.717, 1.165) is 64.4 Å². The summed E-state index contributed by atoms with van der Waals surface area (Å²) in [6.45, 7) is 15.4. The van der Waals surface area contributed by atoms with Crippen molar-refractivity contribution in [3.63, 3.8) is 0 Å². The Balaban J connectivity index is 1.37. The van der Waals surface area contributed by atoms with Crippen molar-refractivity contribution in [2.45, 2.75) is 71.1 Å². The number of aromatic nitrogens is 2. The summed E-state index contributed by atoms with van der Waals surface area (Å²) in [6, 6.07) is 2.65. The second-order valence-corrected chi connectivity index (χ2v) is 11.1. The molecule has 1 saturated carbocycles. The molecule has 174 valence electrons. The number of amides is 1. The van der Waals surface area contributed by atoms with Crippen LogP contribution in [0.5, 0.6) is 0 Å². The van der Waals surface area contributed by atoms with E-state index in [2.05, 4.69) is 34.8 Å². The van der Waals surface area contributed by atoms with Crippen molar-refractivity contribution < 1.29 is 14.3 Å². The molecule has 1 amide bonds. The normalized spacial score (nSPS) is 26.0. The number of likely N-dealkylation sites (tertiary alicyclic amines) is 1. The highest BCUT2D eigenvalue weighted by molar-refractivity contribution is 5.69. The van der Waals surface area contributed by atoms with Crippen LogP contribution in [0.3, 0.4) is 0 Å². The van der Waals surface area contributed by atoms with Crippen molar-refractivity contribution in [3.8, 4) is 0 Å². The molecule has 1 atom stereocenters. The molecule has 0 aromatic carbocycles. The molecule has 0 radical (unpaired) electrons. The van der Waals surface area contributed by atoms with Crippen molar-refractivity contribution in [2.24, 2.45) is 5.41 Å². The van der Waals surface area contributed by atoms with Crippen LogP contribution in [0.25, 0.3) is 0 Å². The highest BCUT2D eigenvalue weighted by Gasteiger charge is 2.55. The first kappa shape index (κ1) is 22.4. The fourth-order valence-electron chi connectivity index (χ4n) is 5.41. The van der Waals surface area contributed by atoms with Crippen LogP contribution in [0.4, 0.5) is 10.6 Å². The lowest BCUT2D eigenvalue weighted by Gasteiger charge is -2.58. The lowest BCUT2D eigenvalue weighted by atomic mass is 9.61. The van der Waals surface area contributed by atoms with Gasteiger partial charge in [-0.2, -0.15) is 5.10 Å². The number of nitrogens with zero attached hydrogens (tertiary/aromatic N) is 4. The summed E-state index contributed by atoms with van der Waals surface area (Å²) in [7, 11) is 1.76. The number of methoxy groups -OCH3 is 1. The van der Waals surface area contributed by atoms with E-state index in [1.54, 1.807) is 7.11 Å². The first-order valence-electron chi connectivity index (χ1n) is 11.6. The Labute approximate surface area is 186 Å². The van der Waals surface area contributed by atoms with Gasteiger partial charge >= 0.3 is 6.09 Å². The summed E-state index contributed by atoms with van der Waals surface area (Å²) >= 11 is 0. The van der Waals surface area contributed by atoms with Gasteiger partial charge in [-0.1, -0.05) is 0 Å². The average molecular weight is 434 g/mol. The van der Waals surface area contributed by atoms with Gasteiger partial charge in [-0.25, -0.2) is 4.79 Å². The van der Waals surface area contributed by atoms with Gasteiger partial charge in [0.15, 0.2) is 5.82 Å². The Morgan fingerprint density at radius 3 is 2.68 bits per heavy atom. The van der Waals surface area contributed by atoms with Gasteiger partial charge in [0.25, 0.3) is 0 Å². The maximum Gasteiger partial charge on any atom is 0.410 e. The van der Waals surface area contributed by atoms with E-state index >= 15 is 0 Å². The van der Waals surface area contributed by atoms with Crippen molar-refractivity contribution in [2.75, 3.05) is 51.3 Å². The van der Waals surface area contributed by atoms with E-state index in [-0.39, 0.29) is 17.0 Å². The van der Waals surface area contributed by atoms with Gasteiger partial charge in [0.05, 0.1) is 11.6 Å². The van der Waals surface area contributed by atoms with Gasteiger partial charge in [-0.15, -0.1) is 0 Å². The standard InChI is InChI=1S/C23H39N5O3/c1-17-11-19(27-9-8-24-14-22(27,5)7-10-30-6)25-28(17)18-12-23(13-18)15-26(16-23)20(29)31-21(2,3)4/h11,18,24H,7-10,12-16H2,1-6H3/t22-/m0/s1. The molecule has 3 aliphatic rings. The smallest absolute Gasteiger partial charge is 0.410 e. The number of nitrogens with one attached hydrogen (secondary N) is 1. The van der Waals surface area contributed by atoms with Gasteiger partial charge in [-0.05, 0) is 53.9 Å². The van der Waals surface area contributed by atoms with Crippen LogP contribution in [0.2, 0.25) is 0 Å². The third kappa shape index (κ3) is 4.42. The molecule has 8 nitrogen and oxygen atoms in total. The monoisotopic (exact) mass is 433 g/mol. The van der Waals surface area contributed by atoms with Crippen molar-refractivity contribution >= 4 is 11.9 Å². The van der Waals surface area contributed by atoms with Gasteiger partial charge in [0.1, 0.15) is 5.60 Å². The molecule has 1 aromatic heterocycles. The topological polar surface area (TPSA) is 71.9 Å². The number of hydrogen-bond donors (Lipinski definition) is 1. The molecular formula is C23H39N5O3. The van der Waals surface area contributed by atoms with E-state index in [4.69, 9.17) is 14.6 Å². The zero-order valence-corrected chi connectivity index (χ0v) is 20.0. The summed E-state index contributed by atoms with van der Waals surface area (Å²) in [5.74, 6) is 1.07. The predicted molar refractivity (Wildman–Crippen MR) is 121 cm³/mol. The van der Waals surface area contributed by atoms with E-state index in [1.165, 1.54) is 5.69 Å². The molecular weight excluding hydrogens is 394 g/mol. The molecule has 2 saturated heterocycles. The zero-order chi connectivity index (χ0) is 22.4. The minimum absolute atomic E-state index is 0.00259. The second-order valence-electron chi connectivity index (χ2n) is 11.1. The number of anilines is 1. The number of piperazine rings is 1. The third-order valence-electron chi connectivity index (χ3n) is 7.09. The number of ether oxygens (including phenoxy) is 2. The Hall–Kier alpha value is -1.80. The molecule has 1 aliphatic carbocycles. The molecule has 8 heteroatoms. The minimum atomic E-state index is -0.438. The predicted octanol–water partition coefficient (Wildman–Crippen LogP) is 2.97. The summed E-state index contributed by atoms with van der Waals surface area (Å²) in [5.41, 5.74) is 1.03. The van der Waals surface area contributed by atoms with E-state index in [1.807, 2.05) is 25.7 Å². The molecule has 1 aromatic rings. The zero-order valence-electron chi connectivity index (χ0n) is 20.0. The molecule has 31 heavy (non-hydrogen) atoms. The Bertz CT molecular complexity index is 803. The van der Waals surface area contributed by atoms with Crippen molar-refractivity contribution in [1.82, 2.24) is 20.0 Å². The fourth-order valence-corrected chi connectivity index (χ4v) is 5.41. The van der Waals surface area contributed by atoms with Crippen molar-refractivity contribution in [3.05, 3.63) is 11.8 Å². The Morgan fingerprint density at radius 1 is 1.32 bits per heavy atom. The molecule has 2 aliphatic heterocycles. The largest absolute Gasteiger partial charge is 0.444 e. The first-order valence-corrected chi connectivity index (χ1v) is 11.6. The quantitative estimate of drug-likeness (QED) is 0.770. The summed E-state index contributed by atoms with van der Waals surface area (Å²) in [6.07, 6.45) is 2.94. The molecule has 3 heterocycles. The van der Waals surface area contributed by atoms with E-state index in [9.17, 15) is 4.79 Å². The number of hydrogen-bond acceptors (Lipinski definition) is 6. The Kier molecular flexibility index (Phi) is 5.75. The summed E-state index contributed by atoms with van der Waals surface area (Å²) < 4.78 is 13.1. The van der Waals surface area contributed by atoms with Gasteiger partial charge in [0.2, 0.25) is 0 Å². The van der Waals surface area contributed by atoms with Crippen LogP contribution in [0.1, 0.15) is 58.7 Å². The van der Waals surface area contributed by atoms with Crippen LogP contribution in [0, 0.1) is 12.3 Å². The minimum Gasteiger partial charge on any atom is -0.444 e. The van der Waals surface area contributed by atoms with Gasteiger partial charge < -0.3 is 24.6 Å². The fraction of sp³-hybridized carbons (Fsp3) is 0.826. The Morgan fingerprint density at radius 2 is 2.03 bits per heavy atom.